The number of thiophene rings is 1. The Labute approximate surface area is 192 Å². The second kappa shape index (κ2) is 8.96. The van der Waals surface area contributed by atoms with Gasteiger partial charge in [0.25, 0.3) is 5.56 Å². The van der Waals surface area contributed by atoms with Gasteiger partial charge in [0.05, 0.1) is 16.5 Å². The van der Waals surface area contributed by atoms with E-state index in [1.165, 1.54) is 15.3 Å². The van der Waals surface area contributed by atoms with E-state index in [0.717, 1.165) is 11.3 Å². The summed E-state index contributed by atoms with van der Waals surface area (Å²) in [6.07, 6.45) is -4.40. The smallest absolute Gasteiger partial charge is 0.428 e. The van der Waals surface area contributed by atoms with Gasteiger partial charge in [-0.15, -0.1) is 11.3 Å². The van der Waals surface area contributed by atoms with Crippen LogP contribution in [0.1, 0.15) is 63.4 Å². The van der Waals surface area contributed by atoms with E-state index < -0.39 is 35.5 Å². The molecule has 0 saturated heterocycles. The molecule has 0 spiro atoms. The summed E-state index contributed by atoms with van der Waals surface area (Å²) in [4.78, 5) is 38.8. The Kier molecular flexibility index (Phi) is 6.79. The lowest BCUT2D eigenvalue weighted by Gasteiger charge is -2.18. The van der Waals surface area contributed by atoms with Gasteiger partial charge in [-0.25, -0.2) is 15.0 Å². The van der Waals surface area contributed by atoms with E-state index >= 15 is 0 Å². The van der Waals surface area contributed by atoms with E-state index in [-0.39, 0.29) is 30.3 Å². The molecule has 2 aromatic rings. The molecule has 8 nitrogen and oxygen atoms in total. The van der Waals surface area contributed by atoms with Gasteiger partial charge >= 0.3 is 18.0 Å². The number of carbonyl (C=O) groups excluding carboxylic acids is 1. The number of nitrogens with zero attached hydrogens (tertiary/aromatic N) is 3. The van der Waals surface area contributed by atoms with E-state index in [0.29, 0.717) is 21.7 Å². The molecule has 0 aliphatic heterocycles. The number of halogens is 3. The zero-order valence-electron chi connectivity index (χ0n) is 19.1. The van der Waals surface area contributed by atoms with E-state index in [9.17, 15) is 27.6 Å². The highest BCUT2D eigenvalue weighted by Gasteiger charge is 2.38. The molecule has 1 amide bonds. The van der Waals surface area contributed by atoms with Gasteiger partial charge < -0.3 is 4.74 Å². The van der Waals surface area contributed by atoms with Crippen LogP contribution in [0, 0.1) is 12.8 Å². The third-order valence-corrected chi connectivity index (χ3v) is 6.51. The number of hydrogen-bond acceptors (Lipinski definition) is 6. The molecule has 1 aliphatic rings. The SMILES string of the molecule is Cc1c(C=NNC(=O)OC(C)(C)C)sc2c1c(=O)n([C@H]1C[C@@H]1C)c(=O)n2CCCC(F)(F)F. The average Bonchev–Trinajstić information content (AvgIpc) is 3.26. The van der Waals surface area contributed by atoms with Crippen LogP contribution in [-0.4, -0.2) is 33.2 Å². The third-order valence-electron chi connectivity index (χ3n) is 5.26. The van der Waals surface area contributed by atoms with E-state index in [1.807, 2.05) is 6.92 Å². The number of aryl methyl sites for hydroxylation is 2. The van der Waals surface area contributed by atoms with Crippen LogP contribution in [0.2, 0.25) is 0 Å². The monoisotopic (exact) mass is 488 g/mol. The minimum atomic E-state index is -4.33. The van der Waals surface area contributed by atoms with E-state index in [4.69, 9.17) is 4.74 Å². The highest BCUT2D eigenvalue weighted by Crippen LogP contribution is 2.41. The molecular formula is C21H27F3N4O4S. The summed E-state index contributed by atoms with van der Waals surface area (Å²) in [7, 11) is 0. The highest BCUT2D eigenvalue weighted by atomic mass is 32.1. The molecule has 182 valence electrons. The first-order valence-electron chi connectivity index (χ1n) is 10.6. The lowest BCUT2D eigenvalue weighted by Crippen LogP contribution is -2.39. The van der Waals surface area contributed by atoms with Crippen LogP contribution in [0.4, 0.5) is 18.0 Å². The van der Waals surface area contributed by atoms with Crippen molar-refractivity contribution in [1.29, 1.82) is 0 Å². The summed E-state index contributed by atoms with van der Waals surface area (Å²) >= 11 is 1.07. The number of amides is 1. The topological polar surface area (TPSA) is 94.7 Å². The van der Waals surface area contributed by atoms with Crippen molar-refractivity contribution >= 4 is 33.9 Å². The van der Waals surface area contributed by atoms with Crippen molar-refractivity contribution < 1.29 is 22.7 Å². The minimum absolute atomic E-state index is 0.148. The number of carbonyl (C=O) groups is 1. The summed E-state index contributed by atoms with van der Waals surface area (Å²) in [5, 5.41) is 4.14. The van der Waals surface area contributed by atoms with Gasteiger partial charge in [0, 0.05) is 19.0 Å². The van der Waals surface area contributed by atoms with Crippen LogP contribution in [-0.2, 0) is 11.3 Å². The summed E-state index contributed by atoms with van der Waals surface area (Å²) < 4.78 is 45.6. The number of ether oxygens (including phenoxy) is 1. The Morgan fingerprint density at radius 1 is 1.30 bits per heavy atom. The number of alkyl halides is 3. The molecule has 1 fully saturated rings. The number of fused-ring (bicyclic) bond motifs is 1. The van der Waals surface area contributed by atoms with Crippen molar-refractivity contribution in [3.63, 3.8) is 0 Å². The largest absolute Gasteiger partial charge is 0.443 e. The third kappa shape index (κ3) is 5.84. The number of aromatic nitrogens is 2. The summed E-state index contributed by atoms with van der Waals surface area (Å²) in [5.74, 6) is 0.148. The molecule has 12 heteroatoms. The summed E-state index contributed by atoms with van der Waals surface area (Å²) in [6, 6.07) is -0.256. The molecule has 0 unspecified atom stereocenters. The maximum Gasteiger partial charge on any atom is 0.428 e. The molecule has 0 bridgehead atoms. The normalized spacial score (nSPS) is 18.8. The highest BCUT2D eigenvalue weighted by molar-refractivity contribution is 7.20. The number of hydrazone groups is 1. The lowest BCUT2D eigenvalue weighted by atomic mass is 10.2. The molecule has 1 N–H and O–H groups in total. The molecule has 0 aromatic carbocycles. The predicted octanol–water partition coefficient (Wildman–Crippen LogP) is 4.32. The van der Waals surface area contributed by atoms with Gasteiger partial charge in [0.1, 0.15) is 10.4 Å². The van der Waals surface area contributed by atoms with Crippen LogP contribution in [0.25, 0.3) is 10.2 Å². The fourth-order valence-corrected chi connectivity index (χ4v) is 4.73. The molecule has 2 aromatic heterocycles. The predicted molar refractivity (Wildman–Crippen MR) is 120 cm³/mol. The van der Waals surface area contributed by atoms with Gasteiger partial charge in [-0.2, -0.15) is 18.3 Å². The van der Waals surface area contributed by atoms with Gasteiger partial charge in [-0.3, -0.25) is 13.9 Å². The van der Waals surface area contributed by atoms with Crippen molar-refractivity contribution in [2.24, 2.45) is 11.0 Å². The second-order valence-electron chi connectivity index (χ2n) is 9.25. The Bertz CT molecular complexity index is 1200. The molecule has 3 rings (SSSR count). The van der Waals surface area contributed by atoms with Crippen molar-refractivity contribution in [1.82, 2.24) is 14.6 Å². The first kappa shape index (κ1) is 25.0. The zero-order valence-corrected chi connectivity index (χ0v) is 19.9. The number of rotatable bonds is 6. The van der Waals surface area contributed by atoms with Gasteiger partial charge in [-0.05, 0) is 52.0 Å². The first-order chi connectivity index (χ1) is 15.2. The van der Waals surface area contributed by atoms with Crippen molar-refractivity contribution in [2.45, 2.75) is 78.2 Å². The van der Waals surface area contributed by atoms with Gasteiger partial charge in [0.2, 0.25) is 0 Å². The molecule has 0 radical (unpaired) electrons. The van der Waals surface area contributed by atoms with Crippen LogP contribution >= 0.6 is 11.3 Å². The zero-order chi connectivity index (χ0) is 24.7. The quantitative estimate of drug-likeness (QED) is 0.484. The Morgan fingerprint density at radius 2 is 1.94 bits per heavy atom. The average molecular weight is 489 g/mol. The standard InChI is InChI=1S/C21H27F3N4O4S/c1-11-9-13(11)28-16(29)15-12(2)14(10-25-26-18(30)32-20(3,4)5)33-17(15)27(19(28)31)8-6-7-21(22,23)24/h10-11,13H,6-9H2,1-5H3,(H,26,30)/t11-,13-/m0/s1. The minimum Gasteiger partial charge on any atom is -0.443 e. The Balaban J connectivity index is 2.00. The van der Waals surface area contributed by atoms with Gasteiger partial charge in [0.15, 0.2) is 0 Å². The van der Waals surface area contributed by atoms with Crippen LogP contribution in [0.15, 0.2) is 14.7 Å². The van der Waals surface area contributed by atoms with Crippen molar-refractivity contribution in [3.05, 3.63) is 31.3 Å². The molecular weight excluding hydrogens is 461 g/mol. The van der Waals surface area contributed by atoms with Crippen molar-refractivity contribution in [2.75, 3.05) is 0 Å². The van der Waals surface area contributed by atoms with Crippen LogP contribution in [0.5, 0.6) is 0 Å². The molecule has 1 aliphatic carbocycles. The fraction of sp³-hybridized carbons (Fsp3) is 0.619. The lowest BCUT2D eigenvalue weighted by molar-refractivity contribution is -0.135. The van der Waals surface area contributed by atoms with Crippen LogP contribution in [0.3, 0.4) is 0 Å². The summed E-state index contributed by atoms with van der Waals surface area (Å²) in [6.45, 7) is 8.54. The molecule has 1 saturated carbocycles. The number of hydrogen-bond donors (Lipinski definition) is 1. The fourth-order valence-electron chi connectivity index (χ4n) is 3.54. The van der Waals surface area contributed by atoms with Crippen LogP contribution < -0.4 is 16.7 Å². The Morgan fingerprint density at radius 3 is 2.48 bits per heavy atom. The first-order valence-corrected chi connectivity index (χ1v) is 11.4. The van der Waals surface area contributed by atoms with Gasteiger partial charge in [-0.1, -0.05) is 6.92 Å². The second-order valence-corrected chi connectivity index (χ2v) is 10.3. The molecule has 2 atom stereocenters. The Hall–Kier alpha value is -2.63. The molecule has 33 heavy (non-hydrogen) atoms. The maximum absolute atomic E-state index is 13.2. The number of nitrogens with one attached hydrogen (secondary N) is 1. The van der Waals surface area contributed by atoms with Crippen molar-refractivity contribution in [3.8, 4) is 0 Å². The maximum atomic E-state index is 13.2. The van der Waals surface area contributed by atoms with E-state index in [1.54, 1.807) is 27.7 Å². The molecule has 2 heterocycles. The summed E-state index contributed by atoms with van der Waals surface area (Å²) in [5.41, 5.74) is 1.02. The van der Waals surface area contributed by atoms with E-state index in [2.05, 4.69) is 10.5 Å².